The first-order chi connectivity index (χ1) is 13.4. The van der Waals surface area contributed by atoms with Gasteiger partial charge in [-0.2, -0.15) is 5.10 Å². The Hall–Kier alpha value is -2.87. The van der Waals surface area contributed by atoms with Gasteiger partial charge in [-0.1, -0.05) is 0 Å². The fraction of sp³-hybridized carbons (Fsp3) is 0.350. The molecule has 28 heavy (non-hydrogen) atoms. The van der Waals surface area contributed by atoms with Gasteiger partial charge in [0.2, 0.25) is 0 Å². The number of amides is 2. The highest BCUT2D eigenvalue weighted by atomic mass is 32.1. The molecule has 2 N–H and O–H groups in total. The Morgan fingerprint density at radius 2 is 2.04 bits per heavy atom. The molecule has 0 aliphatic carbocycles. The summed E-state index contributed by atoms with van der Waals surface area (Å²) in [7, 11) is 3.42. The van der Waals surface area contributed by atoms with Crippen LogP contribution in [0.1, 0.15) is 34.1 Å². The van der Waals surface area contributed by atoms with E-state index in [1.165, 1.54) is 0 Å². The number of methoxy groups -OCH3 is 1. The number of aromatic nitrogens is 3. The normalized spacial score (nSPS) is 11.9. The first-order valence-electron chi connectivity index (χ1n) is 9.02. The van der Waals surface area contributed by atoms with Crippen molar-refractivity contribution in [2.75, 3.05) is 14.2 Å². The van der Waals surface area contributed by atoms with Crippen molar-refractivity contribution in [2.45, 2.75) is 33.4 Å². The summed E-state index contributed by atoms with van der Waals surface area (Å²) < 4.78 is 5.20. The average molecular weight is 400 g/mol. The first-order valence-corrected chi connectivity index (χ1v) is 9.83. The second kappa shape index (κ2) is 8.43. The van der Waals surface area contributed by atoms with Crippen LogP contribution in [-0.4, -0.2) is 40.3 Å². The van der Waals surface area contributed by atoms with E-state index in [1.54, 1.807) is 36.6 Å². The fourth-order valence-electron chi connectivity index (χ4n) is 3.04. The molecule has 0 aliphatic heterocycles. The van der Waals surface area contributed by atoms with Crippen LogP contribution >= 0.6 is 11.3 Å². The van der Waals surface area contributed by atoms with Crippen LogP contribution in [0.5, 0.6) is 5.75 Å². The molecule has 8 heteroatoms. The molecule has 3 aromatic rings. The van der Waals surface area contributed by atoms with Crippen LogP contribution in [0.4, 0.5) is 4.79 Å². The molecule has 0 aliphatic rings. The SMILES string of the molecule is COc1ccc(-c2[nH]ncc2CNC(=O)N(C)[C@H](C)c2nc(C)sc2C)cc1. The maximum atomic E-state index is 12.6. The number of aryl methyl sites for hydroxylation is 2. The predicted octanol–water partition coefficient (Wildman–Crippen LogP) is 4.06. The number of rotatable bonds is 6. The van der Waals surface area contributed by atoms with E-state index in [-0.39, 0.29) is 12.1 Å². The smallest absolute Gasteiger partial charge is 0.317 e. The van der Waals surface area contributed by atoms with Crippen molar-refractivity contribution in [2.24, 2.45) is 0 Å². The van der Waals surface area contributed by atoms with Crippen LogP contribution in [0.3, 0.4) is 0 Å². The Labute approximate surface area is 168 Å². The third-order valence-corrected chi connectivity index (χ3v) is 5.67. The topological polar surface area (TPSA) is 83.1 Å². The van der Waals surface area contributed by atoms with E-state index >= 15 is 0 Å². The molecule has 0 saturated heterocycles. The van der Waals surface area contributed by atoms with E-state index in [1.807, 2.05) is 45.0 Å². The minimum absolute atomic E-state index is 0.102. The van der Waals surface area contributed by atoms with Crippen molar-refractivity contribution in [3.63, 3.8) is 0 Å². The summed E-state index contributed by atoms with van der Waals surface area (Å²) in [5, 5.41) is 11.1. The summed E-state index contributed by atoms with van der Waals surface area (Å²) in [4.78, 5) is 20.0. The number of ether oxygens (including phenoxy) is 1. The third-order valence-electron chi connectivity index (χ3n) is 4.76. The van der Waals surface area contributed by atoms with Gasteiger partial charge < -0.3 is 15.0 Å². The lowest BCUT2D eigenvalue weighted by atomic mass is 10.1. The lowest BCUT2D eigenvalue weighted by Crippen LogP contribution is -2.38. The Morgan fingerprint density at radius 1 is 1.32 bits per heavy atom. The summed E-state index contributed by atoms with van der Waals surface area (Å²) in [6, 6.07) is 7.45. The summed E-state index contributed by atoms with van der Waals surface area (Å²) in [5.41, 5.74) is 3.73. The Morgan fingerprint density at radius 3 is 2.64 bits per heavy atom. The minimum Gasteiger partial charge on any atom is -0.497 e. The highest BCUT2D eigenvalue weighted by Crippen LogP contribution is 2.26. The number of carbonyl (C=O) groups excluding carboxylic acids is 1. The van der Waals surface area contributed by atoms with Crippen LogP contribution in [0.2, 0.25) is 0 Å². The molecule has 3 rings (SSSR count). The van der Waals surface area contributed by atoms with Gasteiger partial charge in [0, 0.05) is 29.6 Å². The van der Waals surface area contributed by atoms with E-state index < -0.39 is 0 Å². The molecule has 0 fully saturated rings. The van der Waals surface area contributed by atoms with Crippen molar-refractivity contribution in [3.8, 4) is 17.0 Å². The molecule has 0 spiro atoms. The Bertz CT molecular complexity index is 948. The fourth-order valence-corrected chi connectivity index (χ4v) is 3.95. The number of hydrogen-bond acceptors (Lipinski definition) is 5. The van der Waals surface area contributed by atoms with Crippen molar-refractivity contribution in [1.82, 2.24) is 25.4 Å². The van der Waals surface area contributed by atoms with Crippen molar-refractivity contribution >= 4 is 17.4 Å². The highest BCUT2D eigenvalue weighted by molar-refractivity contribution is 7.11. The van der Waals surface area contributed by atoms with Gasteiger partial charge in [0.25, 0.3) is 0 Å². The summed E-state index contributed by atoms with van der Waals surface area (Å²) >= 11 is 1.65. The number of H-pyrrole nitrogens is 1. The molecule has 1 aromatic carbocycles. The van der Waals surface area contributed by atoms with Crippen molar-refractivity contribution in [1.29, 1.82) is 0 Å². The van der Waals surface area contributed by atoms with Crippen LogP contribution in [0.25, 0.3) is 11.3 Å². The molecule has 2 heterocycles. The standard InChI is InChI=1S/C20H25N5O2S/c1-12(18-13(2)28-14(3)23-18)25(4)20(26)21-10-16-11-22-24-19(16)15-6-8-17(27-5)9-7-15/h6-9,11-12H,10H2,1-5H3,(H,21,26)(H,22,24)/t12-/m1/s1. The van der Waals surface area contributed by atoms with E-state index in [2.05, 4.69) is 20.5 Å². The number of thiazole rings is 1. The Balaban J connectivity index is 1.66. The van der Waals surface area contributed by atoms with Gasteiger partial charge in [-0.05, 0) is 45.0 Å². The highest BCUT2D eigenvalue weighted by Gasteiger charge is 2.22. The van der Waals surface area contributed by atoms with Crippen molar-refractivity contribution < 1.29 is 9.53 Å². The van der Waals surface area contributed by atoms with E-state index in [0.29, 0.717) is 6.54 Å². The quantitative estimate of drug-likeness (QED) is 0.655. The minimum atomic E-state index is -0.153. The zero-order valence-electron chi connectivity index (χ0n) is 16.7. The number of nitrogens with zero attached hydrogens (tertiary/aromatic N) is 3. The lowest BCUT2D eigenvalue weighted by molar-refractivity contribution is 0.193. The lowest BCUT2D eigenvalue weighted by Gasteiger charge is -2.24. The molecule has 0 bridgehead atoms. The molecule has 2 aromatic heterocycles. The monoisotopic (exact) mass is 399 g/mol. The average Bonchev–Trinajstić information content (AvgIpc) is 3.30. The molecule has 0 radical (unpaired) electrons. The van der Waals surface area contributed by atoms with Gasteiger partial charge in [-0.15, -0.1) is 11.3 Å². The number of urea groups is 1. The molecular weight excluding hydrogens is 374 g/mol. The number of carbonyl (C=O) groups is 1. The summed E-state index contributed by atoms with van der Waals surface area (Å²) in [6.45, 7) is 6.38. The van der Waals surface area contributed by atoms with Gasteiger partial charge in [0.05, 0.1) is 35.7 Å². The molecule has 0 saturated carbocycles. The van der Waals surface area contributed by atoms with Crippen LogP contribution < -0.4 is 10.1 Å². The molecule has 2 amide bonds. The number of benzene rings is 1. The molecular formula is C20H25N5O2S. The zero-order chi connectivity index (χ0) is 20.3. The van der Waals surface area contributed by atoms with Gasteiger partial charge >= 0.3 is 6.03 Å². The van der Waals surface area contributed by atoms with Gasteiger partial charge in [-0.25, -0.2) is 9.78 Å². The van der Waals surface area contributed by atoms with Crippen LogP contribution in [0.15, 0.2) is 30.5 Å². The van der Waals surface area contributed by atoms with Gasteiger partial charge in [0.15, 0.2) is 0 Å². The number of aromatic amines is 1. The third kappa shape index (κ3) is 4.17. The van der Waals surface area contributed by atoms with Crippen LogP contribution in [-0.2, 0) is 6.54 Å². The van der Waals surface area contributed by atoms with Crippen LogP contribution in [0, 0.1) is 13.8 Å². The van der Waals surface area contributed by atoms with E-state index in [4.69, 9.17) is 4.74 Å². The molecule has 148 valence electrons. The van der Waals surface area contributed by atoms with Crippen molar-refractivity contribution in [3.05, 3.63) is 51.6 Å². The number of nitrogens with one attached hydrogen (secondary N) is 2. The molecule has 1 atom stereocenters. The maximum Gasteiger partial charge on any atom is 0.317 e. The van der Waals surface area contributed by atoms with E-state index in [9.17, 15) is 4.79 Å². The van der Waals surface area contributed by atoms with Gasteiger partial charge in [0.1, 0.15) is 5.75 Å². The first kappa shape index (κ1) is 19.9. The summed E-state index contributed by atoms with van der Waals surface area (Å²) in [6.07, 6.45) is 1.73. The number of hydrogen-bond donors (Lipinski definition) is 2. The van der Waals surface area contributed by atoms with E-state index in [0.717, 1.165) is 38.1 Å². The Kier molecular flexibility index (Phi) is 5.99. The molecule has 0 unspecified atom stereocenters. The predicted molar refractivity (Wildman–Crippen MR) is 111 cm³/mol. The second-order valence-electron chi connectivity index (χ2n) is 6.62. The molecule has 7 nitrogen and oxygen atoms in total. The second-order valence-corrected chi connectivity index (χ2v) is 8.03. The van der Waals surface area contributed by atoms with Gasteiger partial charge in [-0.3, -0.25) is 5.10 Å². The zero-order valence-corrected chi connectivity index (χ0v) is 17.6. The maximum absolute atomic E-state index is 12.6. The summed E-state index contributed by atoms with van der Waals surface area (Å²) in [5.74, 6) is 0.793. The largest absolute Gasteiger partial charge is 0.497 e.